The maximum absolute atomic E-state index is 11.5. The van der Waals surface area contributed by atoms with Crippen LogP contribution >= 0.6 is 0 Å². The number of carboxylic acid groups (broad SMARTS) is 1. The predicted molar refractivity (Wildman–Crippen MR) is 61.6 cm³/mol. The van der Waals surface area contributed by atoms with Crippen molar-refractivity contribution in [2.24, 2.45) is 0 Å². The lowest BCUT2D eigenvalue weighted by molar-refractivity contribution is -0.145. The summed E-state index contributed by atoms with van der Waals surface area (Å²) in [7, 11) is 0. The predicted octanol–water partition coefficient (Wildman–Crippen LogP) is -0.624. The van der Waals surface area contributed by atoms with Gasteiger partial charge in [0.1, 0.15) is 6.42 Å². The third-order valence-corrected chi connectivity index (χ3v) is 2.64. The van der Waals surface area contributed by atoms with Crippen LogP contribution in [0, 0.1) is 0 Å². The van der Waals surface area contributed by atoms with Gasteiger partial charge in [0.25, 0.3) is 0 Å². The fraction of sp³-hybridized carbons (Fsp3) is 0.818. The van der Waals surface area contributed by atoms with E-state index in [0.29, 0.717) is 32.7 Å². The zero-order valence-corrected chi connectivity index (χ0v) is 10.3. The van der Waals surface area contributed by atoms with Crippen LogP contribution in [0.15, 0.2) is 0 Å². The Morgan fingerprint density at radius 2 is 1.71 bits per heavy atom. The number of amides is 1. The van der Waals surface area contributed by atoms with E-state index in [4.69, 9.17) is 5.11 Å². The molecular formula is C11H20N2O4. The highest BCUT2D eigenvalue weighted by Gasteiger charge is 2.25. The van der Waals surface area contributed by atoms with Crippen LogP contribution in [0.4, 0.5) is 0 Å². The van der Waals surface area contributed by atoms with Gasteiger partial charge in [-0.2, -0.15) is 0 Å². The molecule has 2 N–H and O–H groups in total. The Kier molecular flexibility index (Phi) is 4.47. The smallest absolute Gasteiger partial charge is 0.312 e. The molecule has 0 bridgehead atoms. The SMILES string of the molecule is CC(C)(O)CN1CCN(C(=O)CC(=O)O)CC1. The lowest BCUT2D eigenvalue weighted by Gasteiger charge is -2.37. The maximum Gasteiger partial charge on any atom is 0.312 e. The number of rotatable bonds is 4. The quantitative estimate of drug-likeness (QED) is 0.644. The summed E-state index contributed by atoms with van der Waals surface area (Å²) in [6.45, 7) is 6.47. The van der Waals surface area contributed by atoms with Gasteiger partial charge in [-0.3, -0.25) is 14.5 Å². The molecule has 0 spiro atoms. The summed E-state index contributed by atoms with van der Waals surface area (Å²) in [5.74, 6) is -1.42. The van der Waals surface area contributed by atoms with E-state index in [0.717, 1.165) is 0 Å². The normalized spacial score (nSPS) is 18.2. The first kappa shape index (κ1) is 13.9. The summed E-state index contributed by atoms with van der Waals surface area (Å²) in [5.41, 5.74) is -0.743. The van der Waals surface area contributed by atoms with Crippen LogP contribution < -0.4 is 0 Å². The van der Waals surface area contributed by atoms with Crippen LogP contribution in [0.2, 0.25) is 0 Å². The minimum atomic E-state index is -1.09. The molecule has 1 fully saturated rings. The number of carbonyl (C=O) groups excluding carboxylic acids is 1. The van der Waals surface area contributed by atoms with E-state index in [1.807, 2.05) is 0 Å². The van der Waals surface area contributed by atoms with Crippen molar-refractivity contribution in [3.63, 3.8) is 0 Å². The Bertz CT molecular complexity index is 290. The molecule has 1 aliphatic rings. The number of hydrogen-bond acceptors (Lipinski definition) is 4. The summed E-state index contributed by atoms with van der Waals surface area (Å²) in [6, 6.07) is 0. The van der Waals surface area contributed by atoms with Crippen molar-refractivity contribution >= 4 is 11.9 Å². The molecule has 0 unspecified atom stereocenters. The van der Waals surface area contributed by atoms with Gasteiger partial charge in [-0.25, -0.2) is 0 Å². The Labute approximate surface area is 101 Å². The average Bonchev–Trinajstić information content (AvgIpc) is 2.15. The van der Waals surface area contributed by atoms with Crippen molar-refractivity contribution in [3.05, 3.63) is 0 Å². The summed E-state index contributed by atoms with van der Waals surface area (Å²) < 4.78 is 0. The Morgan fingerprint density at radius 1 is 1.18 bits per heavy atom. The van der Waals surface area contributed by atoms with Gasteiger partial charge in [-0.1, -0.05) is 0 Å². The lowest BCUT2D eigenvalue weighted by atomic mass is 10.1. The molecular weight excluding hydrogens is 224 g/mol. The lowest BCUT2D eigenvalue weighted by Crippen LogP contribution is -2.52. The van der Waals surface area contributed by atoms with Gasteiger partial charge >= 0.3 is 5.97 Å². The van der Waals surface area contributed by atoms with E-state index in [1.54, 1.807) is 18.7 Å². The van der Waals surface area contributed by atoms with E-state index >= 15 is 0 Å². The molecule has 0 aromatic rings. The molecule has 0 aliphatic carbocycles. The number of β-amino-alcohol motifs (C(OH)–C–C–N with tert-alkyl or cyclic N) is 1. The summed E-state index contributed by atoms with van der Waals surface area (Å²) in [6.07, 6.45) is -0.439. The number of aliphatic hydroxyl groups is 1. The standard InChI is InChI=1S/C11H20N2O4/c1-11(2,17)8-12-3-5-13(6-4-12)9(14)7-10(15)16/h17H,3-8H2,1-2H3,(H,15,16). The first-order chi connectivity index (χ1) is 7.78. The van der Waals surface area contributed by atoms with Crippen molar-refractivity contribution in [3.8, 4) is 0 Å². The zero-order valence-electron chi connectivity index (χ0n) is 10.3. The summed E-state index contributed by atoms with van der Waals surface area (Å²) >= 11 is 0. The third-order valence-electron chi connectivity index (χ3n) is 2.64. The van der Waals surface area contributed by atoms with Gasteiger partial charge in [-0.15, -0.1) is 0 Å². The summed E-state index contributed by atoms with van der Waals surface area (Å²) in [5, 5.41) is 18.2. The first-order valence-corrected chi connectivity index (χ1v) is 5.72. The Hall–Kier alpha value is -1.14. The van der Waals surface area contributed by atoms with Gasteiger partial charge in [0, 0.05) is 32.7 Å². The minimum Gasteiger partial charge on any atom is -0.481 e. The van der Waals surface area contributed by atoms with Crippen molar-refractivity contribution in [1.82, 2.24) is 9.80 Å². The topological polar surface area (TPSA) is 81.1 Å². The second-order valence-electron chi connectivity index (χ2n) is 5.04. The fourth-order valence-electron chi connectivity index (χ4n) is 1.94. The van der Waals surface area contributed by atoms with Crippen molar-refractivity contribution in [2.45, 2.75) is 25.9 Å². The van der Waals surface area contributed by atoms with Gasteiger partial charge in [0.15, 0.2) is 0 Å². The largest absolute Gasteiger partial charge is 0.481 e. The number of nitrogens with zero attached hydrogens (tertiary/aromatic N) is 2. The van der Waals surface area contributed by atoms with Crippen molar-refractivity contribution in [2.75, 3.05) is 32.7 Å². The monoisotopic (exact) mass is 244 g/mol. The number of hydrogen-bond donors (Lipinski definition) is 2. The van der Waals surface area contributed by atoms with E-state index in [9.17, 15) is 14.7 Å². The molecule has 0 saturated carbocycles. The van der Waals surface area contributed by atoms with Crippen LogP contribution in [-0.2, 0) is 9.59 Å². The highest BCUT2D eigenvalue weighted by molar-refractivity contribution is 5.93. The highest BCUT2D eigenvalue weighted by atomic mass is 16.4. The van der Waals surface area contributed by atoms with Gasteiger partial charge in [0.05, 0.1) is 5.60 Å². The molecule has 6 heteroatoms. The third kappa shape index (κ3) is 5.14. The van der Waals surface area contributed by atoms with E-state index in [-0.39, 0.29) is 5.91 Å². The van der Waals surface area contributed by atoms with Crippen molar-refractivity contribution in [1.29, 1.82) is 0 Å². The van der Waals surface area contributed by atoms with Crippen LogP contribution in [0.25, 0.3) is 0 Å². The van der Waals surface area contributed by atoms with E-state index in [1.165, 1.54) is 0 Å². The Morgan fingerprint density at radius 3 is 2.12 bits per heavy atom. The molecule has 0 aromatic heterocycles. The molecule has 1 saturated heterocycles. The summed E-state index contributed by atoms with van der Waals surface area (Å²) in [4.78, 5) is 25.5. The second-order valence-corrected chi connectivity index (χ2v) is 5.04. The molecule has 1 heterocycles. The second kappa shape index (κ2) is 5.46. The van der Waals surface area contributed by atoms with Crippen LogP contribution in [0.5, 0.6) is 0 Å². The Balaban J connectivity index is 2.35. The van der Waals surface area contributed by atoms with E-state index in [2.05, 4.69) is 4.90 Å². The fourth-order valence-corrected chi connectivity index (χ4v) is 1.94. The molecule has 1 amide bonds. The zero-order chi connectivity index (χ0) is 13.1. The number of aliphatic carboxylic acids is 1. The van der Waals surface area contributed by atoms with Gasteiger partial charge in [-0.05, 0) is 13.8 Å². The van der Waals surface area contributed by atoms with Gasteiger partial charge < -0.3 is 15.1 Å². The molecule has 1 aliphatic heterocycles. The van der Waals surface area contributed by atoms with Crippen LogP contribution in [0.1, 0.15) is 20.3 Å². The van der Waals surface area contributed by atoms with Crippen molar-refractivity contribution < 1.29 is 19.8 Å². The van der Waals surface area contributed by atoms with Crippen LogP contribution in [-0.4, -0.2) is 70.2 Å². The first-order valence-electron chi connectivity index (χ1n) is 5.72. The molecule has 1 rings (SSSR count). The molecule has 0 radical (unpaired) electrons. The number of carbonyl (C=O) groups is 2. The molecule has 6 nitrogen and oxygen atoms in total. The molecule has 98 valence electrons. The average molecular weight is 244 g/mol. The molecule has 0 aromatic carbocycles. The number of piperazine rings is 1. The van der Waals surface area contributed by atoms with E-state index < -0.39 is 18.0 Å². The molecule has 17 heavy (non-hydrogen) atoms. The maximum atomic E-state index is 11.5. The van der Waals surface area contributed by atoms with Gasteiger partial charge in [0.2, 0.25) is 5.91 Å². The van der Waals surface area contributed by atoms with Crippen LogP contribution in [0.3, 0.4) is 0 Å². The number of carboxylic acids is 1. The molecule has 0 atom stereocenters. The minimum absolute atomic E-state index is 0.333. The highest BCUT2D eigenvalue weighted by Crippen LogP contribution is 2.09.